The van der Waals surface area contributed by atoms with Gasteiger partial charge in [-0.15, -0.1) is 0 Å². The molecular weight excluding hydrogens is 218 g/mol. The van der Waals surface area contributed by atoms with Crippen LogP contribution in [0.15, 0.2) is 12.1 Å². The Kier molecular flexibility index (Phi) is 3.40. The molecule has 0 bridgehead atoms. The third-order valence-corrected chi connectivity index (χ3v) is 1.92. The average molecular weight is 226 g/mol. The van der Waals surface area contributed by atoms with E-state index >= 15 is 0 Å². The van der Waals surface area contributed by atoms with Crippen LogP contribution in [0.2, 0.25) is 0 Å². The minimum absolute atomic E-state index is 0.227. The van der Waals surface area contributed by atoms with Crippen molar-refractivity contribution in [3.63, 3.8) is 0 Å². The molecule has 0 aliphatic heterocycles. The number of amides is 1. The molecule has 2 N–H and O–H groups in total. The van der Waals surface area contributed by atoms with E-state index in [1.807, 2.05) is 0 Å². The third-order valence-electron chi connectivity index (χ3n) is 1.92. The zero-order chi connectivity index (χ0) is 12.3. The number of nitriles is 1. The van der Waals surface area contributed by atoms with E-state index in [1.54, 1.807) is 0 Å². The van der Waals surface area contributed by atoms with E-state index in [-0.39, 0.29) is 5.56 Å². The molecule has 84 valence electrons. The molecule has 0 spiro atoms. The van der Waals surface area contributed by atoms with Gasteiger partial charge in [0.25, 0.3) is 0 Å². The van der Waals surface area contributed by atoms with Crippen molar-refractivity contribution >= 4 is 6.09 Å². The molecule has 0 saturated heterocycles. The molecular formula is C10H8F2N2O2. The van der Waals surface area contributed by atoms with Crippen molar-refractivity contribution < 1.29 is 18.3 Å². The predicted molar refractivity (Wildman–Crippen MR) is 50.2 cm³/mol. The zero-order valence-corrected chi connectivity index (χ0v) is 8.33. The van der Waals surface area contributed by atoms with Crippen LogP contribution in [0.3, 0.4) is 0 Å². The summed E-state index contributed by atoms with van der Waals surface area (Å²) in [6.07, 6.45) is -2.16. The summed E-state index contributed by atoms with van der Waals surface area (Å²) in [4.78, 5) is 10.5. The fraction of sp³-hybridized carbons (Fsp3) is 0.200. The molecule has 0 aliphatic carbocycles. The average Bonchev–Trinajstić information content (AvgIpc) is 2.19. The number of hydrogen-bond donors (Lipinski definition) is 1. The van der Waals surface area contributed by atoms with Crippen molar-refractivity contribution in [1.82, 2.24) is 0 Å². The Labute approximate surface area is 90.2 Å². The molecule has 1 amide bonds. The predicted octanol–water partition coefficient (Wildman–Crippen LogP) is 1.99. The van der Waals surface area contributed by atoms with E-state index < -0.39 is 29.4 Å². The van der Waals surface area contributed by atoms with E-state index in [0.717, 1.165) is 12.1 Å². The number of carbonyl (C=O) groups is 1. The Balaban J connectivity index is 3.18. The van der Waals surface area contributed by atoms with E-state index in [9.17, 15) is 13.6 Å². The van der Waals surface area contributed by atoms with Crippen LogP contribution in [0.25, 0.3) is 0 Å². The van der Waals surface area contributed by atoms with Crippen LogP contribution in [0.4, 0.5) is 13.6 Å². The van der Waals surface area contributed by atoms with Gasteiger partial charge in [0.15, 0.2) is 0 Å². The quantitative estimate of drug-likeness (QED) is 0.837. The van der Waals surface area contributed by atoms with Gasteiger partial charge in [-0.1, -0.05) is 0 Å². The van der Waals surface area contributed by atoms with Gasteiger partial charge < -0.3 is 10.5 Å². The van der Waals surface area contributed by atoms with Crippen molar-refractivity contribution in [2.45, 2.75) is 13.0 Å². The molecule has 1 atom stereocenters. The van der Waals surface area contributed by atoms with Crippen LogP contribution in [0, 0.1) is 23.0 Å². The highest BCUT2D eigenvalue weighted by Crippen LogP contribution is 2.23. The Bertz CT molecular complexity index is 469. The van der Waals surface area contributed by atoms with Gasteiger partial charge >= 0.3 is 6.09 Å². The molecule has 0 radical (unpaired) electrons. The second-order valence-corrected chi connectivity index (χ2v) is 3.05. The number of carbonyl (C=O) groups excluding carboxylic acids is 1. The summed E-state index contributed by atoms with van der Waals surface area (Å²) in [5.74, 6) is -1.70. The van der Waals surface area contributed by atoms with Crippen molar-refractivity contribution in [2.24, 2.45) is 5.73 Å². The van der Waals surface area contributed by atoms with Crippen LogP contribution >= 0.6 is 0 Å². The molecule has 6 heteroatoms. The highest BCUT2D eigenvalue weighted by atomic mass is 19.1. The highest BCUT2D eigenvalue weighted by Gasteiger charge is 2.18. The molecule has 16 heavy (non-hydrogen) atoms. The lowest BCUT2D eigenvalue weighted by Crippen LogP contribution is -2.16. The SMILES string of the molecule is C[C@@H](OC(N)=O)c1cc(F)cc(C#N)c1F. The molecule has 0 unspecified atom stereocenters. The van der Waals surface area contributed by atoms with Gasteiger partial charge in [0.05, 0.1) is 5.56 Å². The maximum atomic E-state index is 13.5. The standard InChI is InChI=1S/C10H8F2N2O2/c1-5(16-10(14)15)8-3-7(11)2-6(4-13)9(8)12/h2-3,5H,1H3,(H2,14,15)/t5-/m1/s1. The van der Waals surface area contributed by atoms with Crippen molar-refractivity contribution in [3.05, 3.63) is 34.9 Å². The first kappa shape index (κ1) is 11.9. The number of rotatable bonds is 2. The lowest BCUT2D eigenvalue weighted by Gasteiger charge is -2.13. The molecule has 0 fully saturated rings. The number of hydrogen-bond acceptors (Lipinski definition) is 3. The van der Waals surface area contributed by atoms with E-state index in [1.165, 1.54) is 13.0 Å². The van der Waals surface area contributed by atoms with Crippen molar-refractivity contribution in [1.29, 1.82) is 5.26 Å². The Hall–Kier alpha value is -2.16. The van der Waals surface area contributed by atoms with Crippen LogP contribution in [0.1, 0.15) is 24.2 Å². The normalized spacial score (nSPS) is 11.6. The van der Waals surface area contributed by atoms with Gasteiger partial charge in [0.1, 0.15) is 23.8 Å². The van der Waals surface area contributed by atoms with E-state index in [4.69, 9.17) is 11.0 Å². The number of halogens is 2. The molecule has 0 aromatic heterocycles. The first-order chi connectivity index (χ1) is 7.45. The largest absolute Gasteiger partial charge is 0.442 e. The maximum Gasteiger partial charge on any atom is 0.405 e. The summed E-state index contributed by atoms with van der Waals surface area (Å²) in [6, 6.07) is 3.11. The molecule has 1 aromatic carbocycles. The lowest BCUT2D eigenvalue weighted by molar-refractivity contribution is 0.114. The van der Waals surface area contributed by atoms with E-state index in [2.05, 4.69) is 4.74 Å². The second kappa shape index (κ2) is 4.57. The van der Waals surface area contributed by atoms with Crippen LogP contribution < -0.4 is 5.73 Å². The van der Waals surface area contributed by atoms with Crippen LogP contribution in [-0.4, -0.2) is 6.09 Å². The molecule has 0 saturated carbocycles. The minimum atomic E-state index is -1.10. The molecule has 0 aliphatic rings. The molecule has 1 rings (SSSR count). The van der Waals surface area contributed by atoms with Gasteiger partial charge in [-0.25, -0.2) is 13.6 Å². The van der Waals surface area contributed by atoms with E-state index in [0.29, 0.717) is 0 Å². The first-order valence-electron chi connectivity index (χ1n) is 4.30. The monoisotopic (exact) mass is 226 g/mol. The maximum absolute atomic E-state index is 13.5. The summed E-state index contributed by atoms with van der Waals surface area (Å²) in [6.45, 7) is 1.32. The fourth-order valence-electron chi connectivity index (χ4n) is 1.23. The van der Waals surface area contributed by atoms with Gasteiger partial charge in [0, 0.05) is 5.56 Å². The molecule has 4 nitrogen and oxygen atoms in total. The molecule has 1 aromatic rings. The highest BCUT2D eigenvalue weighted by molar-refractivity contribution is 5.65. The second-order valence-electron chi connectivity index (χ2n) is 3.05. The Morgan fingerprint density at radius 2 is 2.19 bits per heavy atom. The summed E-state index contributed by atoms with van der Waals surface area (Å²) >= 11 is 0. The Morgan fingerprint density at radius 1 is 1.56 bits per heavy atom. The topological polar surface area (TPSA) is 76.1 Å². The van der Waals surface area contributed by atoms with Crippen molar-refractivity contribution in [2.75, 3.05) is 0 Å². The number of primary amides is 1. The van der Waals surface area contributed by atoms with Gasteiger partial charge in [-0.2, -0.15) is 5.26 Å². The zero-order valence-electron chi connectivity index (χ0n) is 8.33. The van der Waals surface area contributed by atoms with Gasteiger partial charge in [-0.3, -0.25) is 0 Å². The molecule has 0 heterocycles. The first-order valence-corrected chi connectivity index (χ1v) is 4.30. The van der Waals surface area contributed by atoms with Crippen LogP contribution in [0.5, 0.6) is 0 Å². The summed E-state index contributed by atoms with van der Waals surface area (Å²) in [5.41, 5.74) is 4.07. The minimum Gasteiger partial charge on any atom is -0.442 e. The van der Waals surface area contributed by atoms with Crippen molar-refractivity contribution in [3.8, 4) is 6.07 Å². The summed E-state index contributed by atoms with van der Waals surface area (Å²) < 4.78 is 31.0. The third kappa shape index (κ3) is 2.45. The Morgan fingerprint density at radius 3 is 2.69 bits per heavy atom. The van der Waals surface area contributed by atoms with Gasteiger partial charge in [-0.05, 0) is 19.1 Å². The summed E-state index contributed by atoms with van der Waals surface area (Å²) in [7, 11) is 0. The number of nitrogens with zero attached hydrogens (tertiary/aromatic N) is 1. The number of ether oxygens (including phenoxy) is 1. The summed E-state index contributed by atoms with van der Waals surface area (Å²) in [5, 5.41) is 8.54. The smallest absolute Gasteiger partial charge is 0.405 e. The number of benzene rings is 1. The lowest BCUT2D eigenvalue weighted by atomic mass is 10.1. The van der Waals surface area contributed by atoms with Gasteiger partial charge in [0.2, 0.25) is 0 Å². The van der Waals surface area contributed by atoms with Crippen LogP contribution in [-0.2, 0) is 4.74 Å². The number of nitrogens with two attached hydrogens (primary N) is 1. The fourth-order valence-corrected chi connectivity index (χ4v) is 1.23.